The third kappa shape index (κ3) is 2.43. The summed E-state index contributed by atoms with van der Waals surface area (Å²) in [5, 5.41) is 3.64. The molecule has 2 nitrogen and oxygen atoms in total. The van der Waals surface area contributed by atoms with Crippen LogP contribution in [0.4, 0.5) is 0 Å². The molecule has 16 heavy (non-hydrogen) atoms. The zero-order valence-corrected chi connectivity index (χ0v) is 10.6. The quantitative estimate of drug-likeness (QED) is 0.839. The van der Waals surface area contributed by atoms with Crippen LogP contribution in [0.15, 0.2) is 18.5 Å². The molecule has 0 radical (unpaired) electrons. The highest BCUT2D eigenvalue weighted by Gasteiger charge is 2.31. The number of pyridine rings is 1. The summed E-state index contributed by atoms with van der Waals surface area (Å²) >= 11 is 0. The Bertz CT molecular complexity index is 356. The number of nitrogens with zero attached hydrogens (tertiary/aromatic N) is 1. The van der Waals surface area contributed by atoms with E-state index in [2.05, 4.69) is 37.1 Å². The summed E-state index contributed by atoms with van der Waals surface area (Å²) in [6.45, 7) is 7.89. The van der Waals surface area contributed by atoms with Crippen LogP contribution >= 0.6 is 0 Å². The van der Waals surface area contributed by atoms with Crippen LogP contribution in [0.25, 0.3) is 0 Å². The Kier molecular flexibility index (Phi) is 3.29. The highest BCUT2D eigenvalue weighted by molar-refractivity contribution is 5.24. The Labute approximate surface area is 98.5 Å². The first kappa shape index (κ1) is 11.6. The van der Waals surface area contributed by atoms with Crippen molar-refractivity contribution in [2.45, 2.75) is 46.1 Å². The van der Waals surface area contributed by atoms with Crippen molar-refractivity contribution in [1.82, 2.24) is 10.3 Å². The van der Waals surface area contributed by atoms with Gasteiger partial charge >= 0.3 is 0 Å². The summed E-state index contributed by atoms with van der Waals surface area (Å²) in [7, 11) is 0. The Hall–Kier alpha value is -0.890. The molecule has 1 aliphatic carbocycles. The van der Waals surface area contributed by atoms with Crippen LogP contribution in [-0.2, 0) is 0 Å². The van der Waals surface area contributed by atoms with Gasteiger partial charge in [-0.15, -0.1) is 0 Å². The second-order valence-corrected chi connectivity index (χ2v) is 5.50. The van der Waals surface area contributed by atoms with Crippen molar-refractivity contribution in [1.29, 1.82) is 0 Å². The van der Waals surface area contributed by atoms with Gasteiger partial charge in [-0.1, -0.05) is 13.3 Å². The van der Waals surface area contributed by atoms with Crippen molar-refractivity contribution < 1.29 is 0 Å². The SMILES string of the molecule is Cc1ccncc1C(C)NCC1(C)CCC1. The van der Waals surface area contributed by atoms with E-state index in [0.29, 0.717) is 11.5 Å². The molecule has 0 bridgehead atoms. The van der Waals surface area contributed by atoms with Crippen molar-refractivity contribution >= 4 is 0 Å². The van der Waals surface area contributed by atoms with Crippen LogP contribution in [-0.4, -0.2) is 11.5 Å². The average Bonchev–Trinajstić information content (AvgIpc) is 2.24. The number of hydrogen-bond acceptors (Lipinski definition) is 2. The zero-order chi connectivity index (χ0) is 11.6. The van der Waals surface area contributed by atoms with Crippen LogP contribution in [0.1, 0.15) is 50.3 Å². The van der Waals surface area contributed by atoms with Gasteiger partial charge in [-0.05, 0) is 49.3 Å². The van der Waals surface area contributed by atoms with E-state index in [0.717, 1.165) is 6.54 Å². The maximum absolute atomic E-state index is 4.21. The molecule has 1 heterocycles. The van der Waals surface area contributed by atoms with E-state index in [4.69, 9.17) is 0 Å². The Morgan fingerprint density at radius 2 is 2.25 bits per heavy atom. The standard InChI is InChI=1S/C14H22N2/c1-11-5-8-15-9-13(11)12(2)16-10-14(3)6-4-7-14/h5,8-9,12,16H,4,6-7,10H2,1-3H3. The molecule has 1 saturated carbocycles. The maximum Gasteiger partial charge on any atom is 0.0318 e. The number of hydrogen-bond donors (Lipinski definition) is 1. The van der Waals surface area contributed by atoms with E-state index in [9.17, 15) is 0 Å². The van der Waals surface area contributed by atoms with Gasteiger partial charge in [0.2, 0.25) is 0 Å². The fourth-order valence-electron chi connectivity index (χ4n) is 2.40. The predicted molar refractivity (Wildman–Crippen MR) is 67.3 cm³/mol. The molecule has 1 unspecified atom stereocenters. The molecule has 0 aliphatic heterocycles. The molecular formula is C14H22N2. The largest absolute Gasteiger partial charge is 0.310 e. The summed E-state index contributed by atoms with van der Waals surface area (Å²) in [4.78, 5) is 4.21. The van der Waals surface area contributed by atoms with Gasteiger partial charge in [0.15, 0.2) is 0 Å². The number of aromatic nitrogens is 1. The Balaban J connectivity index is 1.93. The molecule has 88 valence electrons. The van der Waals surface area contributed by atoms with Gasteiger partial charge in [0.1, 0.15) is 0 Å². The van der Waals surface area contributed by atoms with E-state index in [1.807, 2.05) is 12.4 Å². The van der Waals surface area contributed by atoms with Gasteiger partial charge in [-0.25, -0.2) is 0 Å². The second-order valence-electron chi connectivity index (χ2n) is 5.50. The molecule has 1 fully saturated rings. The van der Waals surface area contributed by atoms with Gasteiger partial charge in [-0.2, -0.15) is 0 Å². The maximum atomic E-state index is 4.21. The minimum absolute atomic E-state index is 0.408. The summed E-state index contributed by atoms with van der Waals surface area (Å²) in [5.41, 5.74) is 3.20. The Morgan fingerprint density at radius 1 is 1.50 bits per heavy atom. The third-order valence-electron chi connectivity index (χ3n) is 3.94. The first-order valence-electron chi connectivity index (χ1n) is 6.25. The lowest BCUT2D eigenvalue weighted by Gasteiger charge is -2.39. The highest BCUT2D eigenvalue weighted by Crippen LogP contribution is 2.39. The van der Waals surface area contributed by atoms with Crippen LogP contribution in [0.5, 0.6) is 0 Å². The summed E-state index contributed by atoms with van der Waals surface area (Å²) in [6, 6.07) is 2.49. The molecule has 0 aromatic carbocycles. The van der Waals surface area contributed by atoms with E-state index in [1.54, 1.807) is 0 Å². The van der Waals surface area contributed by atoms with E-state index in [1.165, 1.54) is 30.4 Å². The minimum Gasteiger partial charge on any atom is -0.310 e. The van der Waals surface area contributed by atoms with E-state index in [-0.39, 0.29) is 0 Å². The lowest BCUT2D eigenvalue weighted by molar-refractivity contribution is 0.152. The topological polar surface area (TPSA) is 24.9 Å². The summed E-state index contributed by atoms with van der Waals surface area (Å²) in [5.74, 6) is 0. The van der Waals surface area contributed by atoms with Gasteiger partial charge < -0.3 is 5.32 Å². The van der Waals surface area contributed by atoms with Gasteiger partial charge in [0.05, 0.1) is 0 Å². The predicted octanol–water partition coefficient (Wildman–Crippen LogP) is 3.23. The van der Waals surface area contributed by atoms with Crippen molar-refractivity contribution in [3.63, 3.8) is 0 Å². The first-order valence-corrected chi connectivity index (χ1v) is 6.25. The van der Waals surface area contributed by atoms with Crippen molar-refractivity contribution in [2.75, 3.05) is 6.54 Å². The molecule has 2 heteroatoms. The zero-order valence-electron chi connectivity index (χ0n) is 10.6. The second kappa shape index (κ2) is 4.54. The molecular weight excluding hydrogens is 196 g/mol. The van der Waals surface area contributed by atoms with Crippen LogP contribution in [0.2, 0.25) is 0 Å². The molecule has 1 atom stereocenters. The number of aryl methyl sites for hydroxylation is 1. The van der Waals surface area contributed by atoms with Gasteiger partial charge in [0, 0.05) is 25.0 Å². The van der Waals surface area contributed by atoms with Crippen LogP contribution in [0, 0.1) is 12.3 Å². The lowest BCUT2D eigenvalue weighted by Crippen LogP contribution is -2.38. The highest BCUT2D eigenvalue weighted by atomic mass is 14.9. The van der Waals surface area contributed by atoms with Crippen molar-refractivity contribution in [3.8, 4) is 0 Å². The fourth-order valence-corrected chi connectivity index (χ4v) is 2.40. The van der Waals surface area contributed by atoms with Crippen LogP contribution < -0.4 is 5.32 Å². The fraction of sp³-hybridized carbons (Fsp3) is 0.643. The van der Waals surface area contributed by atoms with Crippen molar-refractivity contribution in [3.05, 3.63) is 29.6 Å². The third-order valence-corrected chi connectivity index (χ3v) is 3.94. The number of rotatable bonds is 4. The number of nitrogens with one attached hydrogen (secondary N) is 1. The molecule has 1 aromatic heterocycles. The summed E-state index contributed by atoms with van der Waals surface area (Å²) in [6.07, 6.45) is 7.99. The Morgan fingerprint density at radius 3 is 2.81 bits per heavy atom. The van der Waals surface area contributed by atoms with E-state index < -0.39 is 0 Å². The molecule has 2 rings (SSSR count). The minimum atomic E-state index is 0.408. The lowest BCUT2D eigenvalue weighted by atomic mass is 9.70. The molecule has 0 saturated heterocycles. The van der Waals surface area contributed by atoms with Crippen LogP contribution in [0.3, 0.4) is 0 Å². The smallest absolute Gasteiger partial charge is 0.0318 e. The summed E-state index contributed by atoms with van der Waals surface area (Å²) < 4.78 is 0. The monoisotopic (exact) mass is 218 g/mol. The normalized spacial score (nSPS) is 20.2. The van der Waals surface area contributed by atoms with Gasteiger partial charge in [-0.3, -0.25) is 4.98 Å². The molecule has 0 amide bonds. The van der Waals surface area contributed by atoms with Crippen molar-refractivity contribution in [2.24, 2.45) is 5.41 Å². The molecule has 1 aromatic rings. The van der Waals surface area contributed by atoms with E-state index >= 15 is 0 Å². The van der Waals surface area contributed by atoms with Gasteiger partial charge in [0.25, 0.3) is 0 Å². The first-order chi connectivity index (χ1) is 7.61. The molecule has 1 aliphatic rings. The molecule has 1 N–H and O–H groups in total. The molecule has 0 spiro atoms. The average molecular weight is 218 g/mol.